The van der Waals surface area contributed by atoms with Crippen molar-refractivity contribution in [2.24, 2.45) is 0 Å². The molecule has 1 aromatic heterocycles. The molecule has 0 saturated heterocycles. The van der Waals surface area contributed by atoms with Gasteiger partial charge in [0.05, 0.1) is 7.11 Å². The molecular weight excluding hydrogens is 312 g/mol. The van der Waals surface area contributed by atoms with Crippen molar-refractivity contribution in [2.75, 3.05) is 17.7 Å². The third-order valence-electron chi connectivity index (χ3n) is 3.79. The van der Waals surface area contributed by atoms with E-state index in [2.05, 4.69) is 51.8 Å². The fourth-order valence-corrected chi connectivity index (χ4v) is 2.42. The van der Waals surface area contributed by atoms with Crippen molar-refractivity contribution in [3.05, 3.63) is 71.4 Å². The Balaban J connectivity index is 1.69. The van der Waals surface area contributed by atoms with Crippen molar-refractivity contribution in [1.29, 1.82) is 0 Å². The normalized spacial score (nSPS) is 10.4. The minimum atomic E-state index is 0.566. The first-order chi connectivity index (χ1) is 12.1. The summed E-state index contributed by atoms with van der Waals surface area (Å²) >= 11 is 0. The Morgan fingerprint density at radius 1 is 0.920 bits per heavy atom. The van der Waals surface area contributed by atoms with Gasteiger partial charge < -0.3 is 15.4 Å². The molecule has 0 radical (unpaired) electrons. The Morgan fingerprint density at radius 3 is 2.32 bits per heavy atom. The molecule has 0 amide bonds. The van der Waals surface area contributed by atoms with E-state index in [4.69, 9.17) is 4.74 Å². The van der Waals surface area contributed by atoms with Gasteiger partial charge in [-0.1, -0.05) is 29.8 Å². The van der Waals surface area contributed by atoms with E-state index in [9.17, 15) is 0 Å². The highest BCUT2D eigenvalue weighted by Gasteiger charge is 2.04. The first-order valence-electron chi connectivity index (χ1n) is 8.18. The molecule has 25 heavy (non-hydrogen) atoms. The van der Waals surface area contributed by atoms with Crippen LogP contribution >= 0.6 is 0 Å². The summed E-state index contributed by atoms with van der Waals surface area (Å²) in [5.74, 6) is 2.18. The molecule has 0 fully saturated rings. The molecule has 0 aliphatic rings. The molecule has 2 N–H and O–H groups in total. The molecule has 0 saturated carbocycles. The van der Waals surface area contributed by atoms with E-state index in [-0.39, 0.29) is 0 Å². The molecule has 1 heterocycles. The summed E-state index contributed by atoms with van der Waals surface area (Å²) in [6, 6.07) is 18.1. The second-order valence-electron chi connectivity index (χ2n) is 5.91. The molecule has 0 bridgehead atoms. The number of aryl methyl sites for hydroxylation is 2. The Labute approximate surface area is 148 Å². The number of anilines is 3. The summed E-state index contributed by atoms with van der Waals surface area (Å²) in [5, 5.41) is 6.58. The fourth-order valence-electron chi connectivity index (χ4n) is 2.42. The molecule has 3 aromatic rings. The Morgan fingerprint density at radius 2 is 1.64 bits per heavy atom. The smallest absolute Gasteiger partial charge is 0.229 e. The summed E-state index contributed by atoms with van der Waals surface area (Å²) < 4.78 is 5.17. The van der Waals surface area contributed by atoms with Crippen molar-refractivity contribution < 1.29 is 4.74 Å². The number of hydrogen-bond acceptors (Lipinski definition) is 5. The van der Waals surface area contributed by atoms with E-state index >= 15 is 0 Å². The zero-order valence-electron chi connectivity index (χ0n) is 14.7. The van der Waals surface area contributed by atoms with E-state index in [1.165, 1.54) is 11.1 Å². The second-order valence-corrected chi connectivity index (χ2v) is 5.91. The summed E-state index contributed by atoms with van der Waals surface area (Å²) in [5.41, 5.74) is 4.28. The second kappa shape index (κ2) is 7.66. The van der Waals surface area contributed by atoms with Crippen molar-refractivity contribution >= 4 is 17.5 Å². The van der Waals surface area contributed by atoms with Gasteiger partial charge in [-0.2, -0.15) is 4.98 Å². The van der Waals surface area contributed by atoms with Crippen LogP contribution in [0.5, 0.6) is 5.75 Å². The van der Waals surface area contributed by atoms with Crippen molar-refractivity contribution in [3.8, 4) is 5.75 Å². The number of nitrogens with one attached hydrogen (secondary N) is 2. The highest BCUT2D eigenvalue weighted by atomic mass is 16.5. The predicted molar refractivity (Wildman–Crippen MR) is 102 cm³/mol. The quantitative estimate of drug-likeness (QED) is 0.697. The fraction of sp³-hybridized carbons (Fsp3) is 0.200. The molecule has 3 rings (SSSR count). The average molecular weight is 334 g/mol. The summed E-state index contributed by atoms with van der Waals surface area (Å²) in [4.78, 5) is 8.98. The SMILES string of the molecule is COc1ccc(Nc2nc(C)cc(NCc3ccc(C)cc3)n2)cc1. The third kappa shape index (κ3) is 4.70. The van der Waals surface area contributed by atoms with Crippen molar-refractivity contribution in [2.45, 2.75) is 20.4 Å². The topological polar surface area (TPSA) is 59.1 Å². The first-order valence-corrected chi connectivity index (χ1v) is 8.18. The summed E-state index contributed by atoms with van der Waals surface area (Å²) in [7, 11) is 1.65. The van der Waals surface area contributed by atoms with Gasteiger partial charge in [0.1, 0.15) is 11.6 Å². The molecule has 0 spiro atoms. The van der Waals surface area contributed by atoms with E-state index in [0.717, 1.165) is 29.5 Å². The zero-order chi connectivity index (χ0) is 17.6. The molecule has 0 unspecified atom stereocenters. The highest BCUT2D eigenvalue weighted by molar-refractivity contribution is 5.56. The number of methoxy groups -OCH3 is 1. The molecule has 5 heteroatoms. The van der Waals surface area contributed by atoms with Crippen LogP contribution in [0.25, 0.3) is 0 Å². The number of rotatable bonds is 6. The van der Waals surface area contributed by atoms with Gasteiger partial charge in [0.2, 0.25) is 5.95 Å². The highest BCUT2D eigenvalue weighted by Crippen LogP contribution is 2.19. The zero-order valence-corrected chi connectivity index (χ0v) is 14.7. The third-order valence-corrected chi connectivity index (χ3v) is 3.79. The van der Waals surface area contributed by atoms with E-state index in [1.54, 1.807) is 7.11 Å². The van der Waals surface area contributed by atoms with Crippen LogP contribution in [0.15, 0.2) is 54.6 Å². The van der Waals surface area contributed by atoms with Gasteiger partial charge in [-0.3, -0.25) is 0 Å². The maximum absolute atomic E-state index is 5.17. The van der Waals surface area contributed by atoms with Gasteiger partial charge in [0, 0.05) is 24.0 Å². The van der Waals surface area contributed by atoms with Gasteiger partial charge >= 0.3 is 0 Å². The van der Waals surface area contributed by atoms with Gasteiger partial charge in [-0.15, -0.1) is 0 Å². The van der Waals surface area contributed by atoms with Gasteiger partial charge in [0.15, 0.2) is 0 Å². The van der Waals surface area contributed by atoms with Crippen molar-refractivity contribution in [1.82, 2.24) is 9.97 Å². The standard InChI is InChI=1S/C20H22N4O/c1-14-4-6-16(7-5-14)13-21-19-12-15(2)22-20(24-19)23-17-8-10-18(25-3)11-9-17/h4-12H,13H2,1-3H3,(H2,21,22,23,24). The van der Waals surface area contributed by atoms with Gasteiger partial charge in [0.25, 0.3) is 0 Å². The van der Waals surface area contributed by atoms with Gasteiger partial charge in [-0.25, -0.2) is 4.98 Å². The van der Waals surface area contributed by atoms with Crippen molar-refractivity contribution in [3.63, 3.8) is 0 Å². The molecule has 0 aliphatic carbocycles. The summed E-state index contributed by atoms with van der Waals surface area (Å²) in [6.07, 6.45) is 0. The maximum atomic E-state index is 5.17. The van der Waals surface area contributed by atoms with Crippen LogP contribution < -0.4 is 15.4 Å². The number of benzene rings is 2. The maximum Gasteiger partial charge on any atom is 0.229 e. The van der Waals surface area contributed by atoms with Crippen LogP contribution in [0.3, 0.4) is 0 Å². The van der Waals surface area contributed by atoms with Crippen LogP contribution in [0, 0.1) is 13.8 Å². The Kier molecular flexibility index (Phi) is 5.14. The van der Waals surface area contributed by atoms with E-state index in [1.807, 2.05) is 37.3 Å². The molecular formula is C20H22N4O. The van der Waals surface area contributed by atoms with Gasteiger partial charge in [-0.05, 0) is 43.7 Å². The number of nitrogens with zero attached hydrogens (tertiary/aromatic N) is 2. The molecule has 5 nitrogen and oxygen atoms in total. The minimum Gasteiger partial charge on any atom is -0.497 e. The molecule has 0 atom stereocenters. The van der Waals surface area contributed by atoms with E-state index < -0.39 is 0 Å². The number of aromatic nitrogens is 2. The van der Waals surface area contributed by atoms with Crippen LogP contribution in [0.4, 0.5) is 17.5 Å². The lowest BCUT2D eigenvalue weighted by Gasteiger charge is -2.10. The van der Waals surface area contributed by atoms with Crippen LogP contribution in [0.1, 0.15) is 16.8 Å². The Hall–Kier alpha value is -3.08. The van der Waals surface area contributed by atoms with Crippen LogP contribution in [-0.4, -0.2) is 17.1 Å². The van der Waals surface area contributed by atoms with E-state index in [0.29, 0.717) is 5.95 Å². The first kappa shape index (κ1) is 16.8. The van der Waals surface area contributed by atoms with Crippen LogP contribution in [0.2, 0.25) is 0 Å². The lowest BCUT2D eigenvalue weighted by atomic mass is 10.1. The molecule has 128 valence electrons. The summed E-state index contributed by atoms with van der Waals surface area (Å²) in [6.45, 7) is 4.76. The molecule has 0 aliphatic heterocycles. The minimum absolute atomic E-state index is 0.566. The molecule has 2 aromatic carbocycles. The lowest BCUT2D eigenvalue weighted by Crippen LogP contribution is -2.05. The monoisotopic (exact) mass is 334 g/mol. The number of hydrogen-bond donors (Lipinski definition) is 2. The Bertz CT molecular complexity index is 829. The number of ether oxygens (including phenoxy) is 1. The predicted octanol–water partition coefficient (Wildman–Crippen LogP) is 4.46. The average Bonchev–Trinajstić information content (AvgIpc) is 2.61. The largest absolute Gasteiger partial charge is 0.497 e. The lowest BCUT2D eigenvalue weighted by molar-refractivity contribution is 0.415. The van der Waals surface area contributed by atoms with Crippen LogP contribution in [-0.2, 0) is 6.54 Å².